The molecule has 0 saturated carbocycles. The van der Waals surface area contributed by atoms with Crippen LogP contribution in [0.5, 0.6) is 0 Å². The molecular weight excluding hydrogens is 244 g/mol. The lowest BCUT2D eigenvalue weighted by atomic mass is 10.00. The highest BCUT2D eigenvalue weighted by molar-refractivity contribution is 8.30. The largest absolute Gasteiger partial charge is 0.0904 e. The van der Waals surface area contributed by atoms with Gasteiger partial charge in [0.15, 0.2) is 0 Å². The summed E-state index contributed by atoms with van der Waals surface area (Å²) in [5.41, 5.74) is 1.14. The van der Waals surface area contributed by atoms with Gasteiger partial charge in [-0.15, -0.1) is 0 Å². The maximum absolute atomic E-state index is 2.42. The van der Waals surface area contributed by atoms with Crippen molar-refractivity contribution in [2.45, 2.75) is 52.3 Å². The second-order valence-electron chi connectivity index (χ2n) is 6.18. The maximum Gasteiger partial charge on any atom is 0.00612 e. The first-order valence-corrected chi connectivity index (χ1v) is 11.5. The normalized spacial score (nSPS) is 37.3. The van der Waals surface area contributed by atoms with Crippen LogP contribution in [0.25, 0.3) is 0 Å². The Balaban J connectivity index is 2.47. The molecule has 0 aromatic heterocycles. The van der Waals surface area contributed by atoms with E-state index in [1.807, 2.05) is 0 Å². The number of rotatable bonds is 0. The highest BCUT2D eigenvalue weighted by Crippen LogP contribution is 2.74. The van der Waals surface area contributed by atoms with Crippen molar-refractivity contribution >= 4 is 33.1 Å². The molecule has 0 aromatic rings. The van der Waals surface area contributed by atoms with Crippen molar-refractivity contribution in [3.05, 3.63) is 0 Å². The minimum atomic E-state index is 0.569. The molecule has 4 heteroatoms. The summed E-state index contributed by atoms with van der Waals surface area (Å²) < 4.78 is 0. The molecule has 14 heavy (non-hydrogen) atoms. The van der Waals surface area contributed by atoms with Crippen LogP contribution in [-0.2, 0) is 0 Å². The van der Waals surface area contributed by atoms with E-state index >= 15 is 0 Å². The summed E-state index contributed by atoms with van der Waals surface area (Å²) in [5.74, 6) is 0. The summed E-state index contributed by atoms with van der Waals surface area (Å²) in [4.78, 5) is 0. The predicted octanol–water partition coefficient (Wildman–Crippen LogP) is 5.29. The molecule has 0 aromatic carbocycles. The van der Waals surface area contributed by atoms with Crippen LogP contribution in [-0.4, -0.2) is 10.8 Å². The van der Waals surface area contributed by atoms with E-state index in [0.29, 0.717) is 10.8 Å². The van der Waals surface area contributed by atoms with Crippen LogP contribution >= 0.6 is 33.1 Å². The van der Waals surface area contributed by atoms with Crippen molar-refractivity contribution in [1.82, 2.24) is 0 Å². The Kier molecular flexibility index (Phi) is 4.85. The Labute approximate surface area is 96.5 Å². The summed E-state index contributed by atoms with van der Waals surface area (Å²) in [6.45, 7) is 14.5. The fourth-order valence-electron chi connectivity index (χ4n) is 1.27. The molecule has 1 aliphatic rings. The molecule has 1 aliphatic heterocycles. The average molecular weight is 268 g/mol. The summed E-state index contributed by atoms with van der Waals surface area (Å²) in [6.07, 6.45) is 0. The third kappa shape index (κ3) is 3.95. The Bertz CT molecular complexity index is 159. The van der Waals surface area contributed by atoms with E-state index in [0.717, 1.165) is 10.8 Å². The van der Waals surface area contributed by atoms with Crippen LogP contribution in [0.4, 0.5) is 0 Å². The Morgan fingerprint density at radius 1 is 0.571 bits per heavy atom. The first-order chi connectivity index (χ1) is 6.21. The quantitative estimate of drug-likeness (QED) is 0.524. The van der Waals surface area contributed by atoms with E-state index in [1.54, 1.807) is 0 Å². The van der Waals surface area contributed by atoms with Crippen molar-refractivity contribution in [2.24, 2.45) is 10.8 Å². The van der Waals surface area contributed by atoms with Crippen molar-refractivity contribution in [2.75, 3.05) is 0 Å². The van der Waals surface area contributed by atoms with Crippen LogP contribution in [0.15, 0.2) is 0 Å². The van der Waals surface area contributed by atoms with E-state index in [4.69, 9.17) is 0 Å². The number of hydrogen-bond acceptors (Lipinski definition) is 0. The SMILES string of the molecule is CC(C)(C)C1PPC(C(C)(C)C)PP1. The van der Waals surface area contributed by atoms with Gasteiger partial charge in [0.2, 0.25) is 0 Å². The molecule has 0 amide bonds. The van der Waals surface area contributed by atoms with E-state index < -0.39 is 0 Å². The molecule has 0 nitrogen and oxygen atoms in total. The van der Waals surface area contributed by atoms with Crippen LogP contribution in [0.3, 0.4) is 0 Å². The zero-order valence-electron chi connectivity index (χ0n) is 10.2. The summed E-state index contributed by atoms with van der Waals surface area (Å²) >= 11 is 0. The Morgan fingerprint density at radius 3 is 0.929 bits per heavy atom. The molecule has 84 valence electrons. The fourth-order valence-corrected chi connectivity index (χ4v) is 19.6. The standard InChI is InChI=1S/C10H24P4/c1-9(2,3)7-11-13-8(14-12-7)10(4,5)6/h7-8,11-14H,1-6H3. The molecular formula is C10H24P4. The summed E-state index contributed by atoms with van der Waals surface area (Å²) in [6, 6.07) is 0. The third-order valence-electron chi connectivity index (χ3n) is 2.48. The lowest BCUT2D eigenvalue weighted by Gasteiger charge is -2.41. The second-order valence-corrected chi connectivity index (χ2v) is 14.3. The molecule has 0 aliphatic carbocycles. The van der Waals surface area contributed by atoms with Crippen LogP contribution in [0.2, 0.25) is 0 Å². The van der Waals surface area contributed by atoms with Crippen LogP contribution in [0, 0.1) is 10.8 Å². The molecule has 1 rings (SSSR count). The van der Waals surface area contributed by atoms with Crippen molar-refractivity contribution in [3.8, 4) is 0 Å². The Hall–Kier alpha value is 1.72. The smallest absolute Gasteiger partial charge is 0.00612 e. The molecule has 0 N–H and O–H groups in total. The molecule has 1 saturated heterocycles. The molecule has 4 unspecified atom stereocenters. The first-order valence-electron chi connectivity index (χ1n) is 5.23. The minimum Gasteiger partial charge on any atom is -0.0904 e. The maximum atomic E-state index is 2.42. The van der Waals surface area contributed by atoms with E-state index in [-0.39, 0.29) is 0 Å². The van der Waals surface area contributed by atoms with E-state index in [9.17, 15) is 0 Å². The molecule has 0 radical (unpaired) electrons. The number of hydrogen-bond donors (Lipinski definition) is 0. The zero-order valence-corrected chi connectivity index (χ0v) is 14.2. The predicted molar refractivity (Wildman–Crippen MR) is 79.7 cm³/mol. The van der Waals surface area contributed by atoms with Gasteiger partial charge in [-0.05, 0) is 10.8 Å². The minimum absolute atomic E-state index is 0.569. The van der Waals surface area contributed by atoms with Crippen molar-refractivity contribution in [3.63, 3.8) is 0 Å². The third-order valence-corrected chi connectivity index (χ3v) is 17.1. The highest BCUT2D eigenvalue weighted by atomic mass is 32.1. The zero-order chi connectivity index (χ0) is 11.0. The Morgan fingerprint density at radius 2 is 0.786 bits per heavy atom. The molecule has 0 spiro atoms. The average Bonchev–Trinajstić information content (AvgIpc) is 2.01. The van der Waals surface area contributed by atoms with Crippen LogP contribution in [0.1, 0.15) is 41.5 Å². The van der Waals surface area contributed by atoms with Gasteiger partial charge >= 0.3 is 0 Å². The van der Waals surface area contributed by atoms with Gasteiger partial charge in [0.25, 0.3) is 0 Å². The summed E-state index contributed by atoms with van der Waals surface area (Å²) in [5, 5.41) is 2.08. The lowest BCUT2D eigenvalue weighted by Crippen LogP contribution is -2.22. The van der Waals surface area contributed by atoms with Crippen molar-refractivity contribution < 1.29 is 0 Å². The molecule has 0 bridgehead atoms. The van der Waals surface area contributed by atoms with Gasteiger partial charge in [0.1, 0.15) is 0 Å². The van der Waals surface area contributed by atoms with Gasteiger partial charge in [-0.2, -0.15) is 0 Å². The topological polar surface area (TPSA) is 0 Å². The van der Waals surface area contributed by atoms with Crippen molar-refractivity contribution in [1.29, 1.82) is 0 Å². The molecule has 1 fully saturated rings. The van der Waals surface area contributed by atoms with Gasteiger partial charge < -0.3 is 0 Å². The van der Waals surface area contributed by atoms with E-state index in [1.165, 1.54) is 33.1 Å². The lowest BCUT2D eigenvalue weighted by molar-refractivity contribution is 0.451. The van der Waals surface area contributed by atoms with Gasteiger partial charge in [0, 0.05) is 10.8 Å². The van der Waals surface area contributed by atoms with Gasteiger partial charge in [-0.25, -0.2) is 0 Å². The first kappa shape index (κ1) is 13.8. The van der Waals surface area contributed by atoms with E-state index in [2.05, 4.69) is 41.5 Å². The second kappa shape index (κ2) is 4.92. The highest BCUT2D eigenvalue weighted by Gasteiger charge is 2.34. The summed E-state index contributed by atoms with van der Waals surface area (Å²) in [7, 11) is 4.98. The van der Waals surface area contributed by atoms with Gasteiger partial charge in [-0.3, -0.25) is 0 Å². The monoisotopic (exact) mass is 268 g/mol. The van der Waals surface area contributed by atoms with Gasteiger partial charge in [-0.1, -0.05) is 74.6 Å². The van der Waals surface area contributed by atoms with Gasteiger partial charge in [0.05, 0.1) is 0 Å². The van der Waals surface area contributed by atoms with Crippen LogP contribution < -0.4 is 0 Å². The molecule has 1 heterocycles. The molecule has 4 atom stereocenters. The fraction of sp³-hybridized carbons (Fsp3) is 1.00.